The number of aromatic nitrogens is 1. The second kappa shape index (κ2) is 5.45. The lowest BCUT2D eigenvalue weighted by molar-refractivity contribution is -0.384. The summed E-state index contributed by atoms with van der Waals surface area (Å²) >= 11 is 0. The summed E-state index contributed by atoms with van der Waals surface area (Å²) in [6, 6.07) is 4.60. The number of anilines is 1. The molecule has 0 unspecified atom stereocenters. The van der Waals surface area contributed by atoms with Crippen LogP contribution in [0.4, 0.5) is 20.3 Å². The first-order valence-corrected chi connectivity index (χ1v) is 5.25. The van der Waals surface area contributed by atoms with Gasteiger partial charge in [0.15, 0.2) is 17.4 Å². The van der Waals surface area contributed by atoms with E-state index in [9.17, 15) is 18.9 Å². The first-order chi connectivity index (χ1) is 9.49. The molecule has 2 rings (SSSR count). The van der Waals surface area contributed by atoms with Crippen molar-refractivity contribution < 1.29 is 18.4 Å². The van der Waals surface area contributed by atoms with Gasteiger partial charge in [0, 0.05) is 6.07 Å². The summed E-state index contributed by atoms with van der Waals surface area (Å²) in [4.78, 5) is 13.8. The van der Waals surface area contributed by atoms with Gasteiger partial charge in [-0.05, 0) is 12.1 Å². The van der Waals surface area contributed by atoms with E-state index in [0.29, 0.717) is 0 Å². The molecule has 0 aliphatic carbocycles. The summed E-state index contributed by atoms with van der Waals surface area (Å²) in [7, 11) is 0. The highest BCUT2D eigenvalue weighted by molar-refractivity contribution is 5.48. The minimum Gasteiger partial charge on any atom is -0.435 e. The normalized spacial score (nSPS) is 10.2. The van der Waals surface area contributed by atoms with Gasteiger partial charge in [0.1, 0.15) is 5.82 Å². The van der Waals surface area contributed by atoms with Crippen molar-refractivity contribution in [2.45, 2.75) is 0 Å². The maximum atomic E-state index is 13.4. The van der Waals surface area contributed by atoms with Crippen molar-refractivity contribution in [3.8, 4) is 11.6 Å². The number of hydrazine groups is 1. The summed E-state index contributed by atoms with van der Waals surface area (Å²) in [5.41, 5.74) is 1.75. The smallest absolute Gasteiger partial charge is 0.278 e. The van der Waals surface area contributed by atoms with E-state index in [-0.39, 0.29) is 17.4 Å². The average molecular weight is 282 g/mol. The van der Waals surface area contributed by atoms with Crippen LogP contribution in [0.15, 0.2) is 30.3 Å². The van der Waals surface area contributed by atoms with Crippen molar-refractivity contribution in [3.63, 3.8) is 0 Å². The molecule has 0 radical (unpaired) electrons. The number of halogens is 2. The van der Waals surface area contributed by atoms with Crippen LogP contribution in [-0.4, -0.2) is 9.91 Å². The molecule has 7 nitrogen and oxygen atoms in total. The van der Waals surface area contributed by atoms with Crippen molar-refractivity contribution >= 4 is 11.5 Å². The standard InChI is InChI=1S/C11H8F2N4O3/c12-6-1-2-8(13)9(3-6)20-11-5-7(17(18)19)4-10(15-11)16-14/h1-5H,14H2,(H,15,16). The van der Waals surface area contributed by atoms with Gasteiger partial charge in [0.05, 0.1) is 17.1 Å². The summed E-state index contributed by atoms with van der Waals surface area (Å²) in [6.45, 7) is 0. The Labute approximate surface area is 111 Å². The third-order valence-electron chi connectivity index (χ3n) is 2.25. The average Bonchev–Trinajstić information content (AvgIpc) is 2.42. The minimum atomic E-state index is -0.832. The highest BCUT2D eigenvalue weighted by Gasteiger charge is 2.14. The monoisotopic (exact) mass is 282 g/mol. The Morgan fingerprint density at radius 1 is 1.30 bits per heavy atom. The fourth-order valence-corrected chi connectivity index (χ4v) is 1.39. The van der Waals surface area contributed by atoms with Crippen molar-refractivity contribution in [1.29, 1.82) is 0 Å². The number of benzene rings is 1. The van der Waals surface area contributed by atoms with Crippen LogP contribution in [0.5, 0.6) is 11.6 Å². The molecule has 0 spiro atoms. The Hall–Kier alpha value is -2.81. The fraction of sp³-hybridized carbons (Fsp3) is 0. The molecule has 104 valence electrons. The van der Waals surface area contributed by atoms with Gasteiger partial charge in [-0.15, -0.1) is 0 Å². The van der Waals surface area contributed by atoms with E-state index in [2.05, 4.69) is 10.4 Å². The van der Waals surface area contributed by atoms with Crippen molar-refractivity contribution in [2.24, 2.45) is 5.84 Å². The molecule has 0 saturated heterocycles. The third kappa shape index (κ3) is 2.95. The van der Waals surface area contributed by atoms with Gasteiger partial charge in [-0.1, -0.05) is 0 Å². The lowest BCUT2D eigenvalue weighted by Crippen LogP contribution is -2.09. The van der Waals surface area contributed by atoms with Crippen molar-refractivity contribution in [3.05, 3.63) is 52.1 Å². The van der Waals surface area contributed by atoms with Crippen LogP contribution in [0.2, 0.25) is 0 Å². The zero-order chi connectivity index (χ0) is 14.7. The van der Waals surface area contributed by atoms with Crippen LogP contribution in [0.3, 0.4) is 0 Å². The Bertz CT molecular complexity index is 666. The van der Waals surface area contributed by atoms with E-state index in [1.54, 1.807) is 0 Å². The van der Waals surface area contributed by atoms with Crippen LogP contribution in [0.1, 0.15) is 0 Å². The van der Waals surface area contributed by atoms with Gasteiger partial charge < -0.3 is 10.2 Å². The van der Waals surface area contributed by atoms with Crippen LogP contribution in [-0.2, 0) is 0 Å². The minimum absolute atomic E-state index is 0.0500. The van der Waals surface area contributed by atoms with Gasteiger partial charge in [-0.25, -0.2) is 14.6 Å². The Balaban J connectivity index is 2.39. The summed E-state index contributed by atoms with van der Waals surface area (Å²) in [5, 5.41) is 10.7. The number of rotatable bonds is 4. The number of nitrogen functional groups attached to an aromatic ring is 1. The maximum absolute atomic E-state index is 13.4. The van der Waals surface area contributed by atoms with E-state index < -0.39 is 22.3 Å². The molecule has 1 heterocycles. The van der Waals surface area contributed by atoms with Crippen LogP contribution < -0.4 is 16.0 Å². The van der Waals surface area contributed by atoms with E-state index in [1.807, 2.05) is 0 Å². The molecule has 0 fully saturated rings. The summed E-state index contributed by atoms with van der Waals surface area (Å²) in [6.07, 6.45) is 0. The van der Waals surface area contributed by atoms with Crippen LogP contribution in [0.25, 0.3) is 0 Å². The molecule has 0 amide bonds. The molecular formula is C11H8F2N4O3. The molecule has 0 bridgehead atoms. The molecule has 0 saturated carbocycles. The number of nitrogens with zero attached hydrogens (tertiary/aromatic N) is 2. The zero-order valence-corrected chi connectivity index (χ0v) is 9.84. The second-order valence-corrected chi connectivity index (χ2v) is 3.63. The molecule has 0 atom stereocenters. The highest BCUT2D eigenvalue weighted by atomic mass is 19.1. The number of nitrogens with one attached hydrogen (secondary N) is 1. The van der Waals surface area contributed by atoms with Crippen molar-refractivity contribution in [2.75, 3.05) is 5.43 Å². The Morgan fingerprint density at radius 3 is 2.70 bits per heavy atom. The fourth-order valence-electron chi connectivity index (χ4n) is 1.39. The number of hydrogen-bond donors (Lipinski definition) is 2. The predicted octanol–water partition coefficient (Wildman–Crippen LogP) is 2.35. The van der Waals surface area contributed by atoms with Crippen molar-refractivity contribution in [1.82, 2.24) is 4.98 Å². The summed E-state index contributed by atoms with van der Waals surface area (Å²) < 4.78 is 31.4. The highest BCUT2D eigenvalue weighted by Crippen LogP contribution is 2.28. The number of hydrogen-bond acceptors (Lipinski definition) is 6. The lowest BCUT2D eigenvalue weighted by Gasteiger charge is -2.07. The first kappa shape index (κ1) is 13.6. The van der Waals surface area contributed by atoms with Gasteiger partial charge >= 0.3 is 0 Å². The number of nitrogens with two attached hydrogens (primary N) is 1. The van der Waals surface area contributed by atoms with Gasteiger partial charge in [-0.2, -0.15) is 4.98 Å². The molecule has 1 aromatic carbocycles. The van der Waals surface area contributed by atoms with Gasteiger partial charge in [0.2, 0.25) is 5.88 Å². The van der Waals surface area contributed by atoms with E-state index >= 15 is 0 Å². The molecule has 9 heteroatoms. The number of ether oxygens (including phenoxy) is 1. The van der Waals surface area contributed by atoms with Crippen LogP contribution >= 0.6 is 0 Å². The second-order valence-electron chi connectivity index (χ2n) is 3.63. The first-order valence-electron chi connectivity index (χ1n) is 5.25. The predicted molar refractivity (Wildman–Crippen MR) is 65.1 cm³/mol. The summed E-state index contributed by atoms with van der Waals surface area (Å²) in [5.74, 6) is 2.77. The van der Waals surface area contributed by atoms with E-state index in [0.717, 1.165) is 30.3 Å². The lowest BCUT2D eigenvalue weighted by atomic mass is 10.3. The molecular weight excluding hydrogens is 274 g/mol. The number of nitro groups is 1. The molecule has 0 aliphatic rings. The molecule has 1 aromatic heterocycles. The molecule has 3 N–H and O–H groups in total. The van der Waals surface area contributed by atoms with E-state index in [1.165, 1.54) is 0 Å². The Kier molecular flexibility index (Phi) is 3.71. The van der Waals surface area contributed by atoms with Gasteiger partial charge in [-0.3, -0.25) is 10.1 Å². The maximum Gasteiger partial charge on any atom is 0.278 e. The zero-order valence-electron chi connectivity index (χ0n) is 9.84. The van der Waals surface area contributed by atoms with Gasteiger partial charge in [0.25, 0.3) is 5.69 Å². The topological polar surface area (TPSA) is 103 Å². The van der Waals surface area contributed by atoms with Crippen LogP contribution in [0, 0.1) is 21.7 Å². The molecule has 20 heavy (non-hydrogen) atoms. The Morgan fingerprint density at radius 2 is 2.05 bits per heavy atom. The third-order valence-corrected chi connectivity index (χ3v) is 2.25. The van der Waals surface area contributed by atoms with E-state index in [4.69, 9.17) is 10.6 Å². The molecule has 0 aliphatic heterocycles. The number of pyridine rings is 1. The largest absolute Gasteiger partial charge is 0.435 e. The SMILES string of the molecule is NNc1cc([N+](=O)[O-])cc(Oc2cc(F)ccc2F)n1. The quantitative estimate of drug-likeness (QED) is 0.507. The molecule has 2 aromatic rings.